The van der Waals surface area contributed by atoms with Gasteiger partial charge in [0.05, 0.1) is 11.9 Å². The van der Waals surface area contributed by atoms with Crippen molar-refractivity contribution in [1.29, 1.82) is 0 Å². The minimum Gasteiger partial charge on any atom is -0.370 e. The van der Waals surface area contributed by atoms with E-state index >= 15 is 0 Å². The van der Waals surface area contributed by atoms with Gasteiger partial charge in [-0.15, -0.1) is 11.3 Å². The lowest BCUT2D eigenvalue weighted by Gasteiger charge is -2.17. The molecule has 1 aliphatic heterocycles. The highest BCUT2D eigenvalue weighted by Gasteiger charge is 2.18. The van der Waals surface area contributed by atoms with Crippen molar-refractivity contribution >= 4 is 32.9 Å². The third-order valence-electron chi connectivity index (χ3n) is 3.71. The molecule has 22 heavy (non-hydrogen) atoms. The Morgan fingerprint density at radius 1 is 1.23 bits per heavy atom. The lowest BCUT2D eigenvalue weighted by molar-refractivity contribution is 0.603. The van der Waals surface area contributed by atoms with Crippen LogP contribution in [0.4, 0.5) is 11.5 Å². The lowest BCUT2D eigenvalue weighted by Crippen LogP contribution is -2.18. The summed E-state index contributed by atoms with van der Waals surface area (Å²) < 4.78 is 27.5. The molecule has 0 radical (unpaired) electrons. The van der Waals surface area contributed by atoms with Gasteiger partial charge in [0.15, 0.2) is 0 Å². The highest BCUT2D eigenvalue weighted by atomic mass is 32.2. The van der Waals surface area contributed by atoms with Crippen LogP contribution >= 0.6 is 11.3 Å². The summed E-state index contributed by atoms with van der Waals surface area (Å²) in [6.07, 6.45) is 4.97. The predicted octanol–water partition coefficient (Wildman–Crippen LogP) is 3.11. The number of rotatable bonds is 5. The first-order valence-corrected chi connectivity index (χ1v) is 9.71. The SMILES string of the molecule is CCc1ccc(S(=O)(=O)Nc2ccc(N3CCCC3)cn2)s1. The Hall–Kier alpha value is -1.60. The van der Waals surface area contributed by atoms with Crippen LogP contribution in [-0.2, 0) is 16.4 Å². The average Bonchev–Trinajstić information content (AvgIpc) is 3.19. The molecule has 5 nitrogen and oxygen atoms in total. The second kappa shape index (κ2) is 6.26. The number of sulfonamides is 1. The number of anilines is 2. The van der Waals surface area contributed by atoms with Gasteiger partial charge in [-0.05, 0) is 43.5 Å². The van der Waals surface area contributed by atoms with Crippen molar-refractivity contribution in [2.45, 2.75) is 30.4 Å². The van der Waals surface area contributed by atoms with Crippen molar-refractivity contribution in [3.63, 3.8) is 0 Å². The summed E-state index contributed by atoms with van der Waals surface area (Å²) in [5, 5.41) is 0. The highest BCUT2D eigenvalue weighted by Crippen LogP contribution is 2.25. The molecule has 7 heteroatoms. The Morgan fingerprint density at radius 2 is 2.00 bits per heavy atom. The summed E-state index contributed by atoms with van der Waals surface area (Å²) in [5.41, 5.74) is 1.05. The molecule has 2 aromatic heterocycles. The molecule has 0 aromatic carbocycles. The molecule has 3 heterocycles. The van der Waals surface area contributed by atoms with E-state index in [-0.39, 0.29) is 0 Å². The van der Waals surface area contributed by atoms with Gasteiger partial charge < -0.3 is 4.90 Å². The molecule has 1 aliphatic rings. The largest absolute Gasteiger partial charge is 0.370 e. The molecule has 0 saturated carbocycles. The standard InChI is InChI=1S/C15H19N3O2S2/c1-2-13-6-8-15(21-13)22(19,20)17-14-7-5-12(11-16-14)18-9-3-4-10-18/h5-8,11H,2-4,9-10H2,1H3,(H,16,17). The van der Waals surface area contributed by atoms with Gasteiger partial charge in [-0.2, -0.15) is 0 Å². The number of hydrogen-bond donors (Lipinski definition) is 1. The third-order valence-corrected chi connectivity index (χ3v) is 6.78. The maximum atomic E-state index is 12.3. The Bertz CT molecular complexity index is 732. The Morgan fingerprint density at radius 3 is 2.59 bits per heavy atom. The first-order chi connectivity index (χ1) is 10.6. The zero-order chi connectivity index (χ0) is 15.6. The fourth-order valence-corrected chi connectivity index (χ4v) is 4.79. The normalized spacial score (nSPS) is 15.2. The number of aromatic nitrogens is 1. The van der Waals surface area contributed by atoms with Crippen molar-refractivity contribution in [3.05, 3.63) is 35.3 Å². The molecule has 0 bridgehead atoms. The van der Waals surface area contributed by atoms with Gasteiger partial charge in [0.25, 0.3) is 10.0 Å². The van der Waals surface area contributed by atoms with Crippen LogP contribution in [0.1, 0.15) is 24.6 Å². The average molecular weight is 337 g/mol. The Labute approximate surface area is 135 Å². The molecule has 118 valence electrons. The van der Waals surface area contributed by atoms with E-state index in [1.807, 2.05) is 19.1 Å². The summed E-state index contributed by atoms with van der Waals surface area (Å²) in [5.74, 6) is 0.356. The minimum atomic E-state index is -3.54. The molecule has 0 unspecified atom stereocenters. The smallest absolute Gasteiger partial charge is 0.272 e. The lowest BCUT2D eigenvalue weighted by atomic mass is 10.4. The zero-order valence-corrected chi connectivity index (χ0v) is 14.1. The van der Waals surface area contributed by atoms with Gasteiger partial charge in [0, 0.05) is 18.0 Å². The fraction of sp³-hybridized carbons (Fsp3) is 0.400. The van der Waals surface area contributed by atoms with Crippen molar-refractivity contribution < 1.29 is 8.42 Å². The molecule has 2 aromatic rings. The molecule has 1 N–H and O–H groups in total. The Kier molecular flexibility index (Phi) is 4.35. The summed E-state index contributed by atoms with van der Waals surface area (Å²) in [6.45, 7) is 4.10. The van der Waals surface area contributed by atoms with Crippen LogP contribution in [0.5, 0.6) is 0 Å². The maximum absolute atomic E-state index is 12.3. The molecule has 3 rings (SSSR count). The van der Waals surface area contributed by atoms with Crippen molar-refractivity contribution in [3.8, 4) is 0 Å². The number of hydrogen-bond acceptors (Lipinski definition) is 5. The number of nitrogens with one attached hydrogen (secondary N) is 1. The van der Waals surface area contributed by atoms with Gasteiger partial charge in [-0.3, -0.25) is 4.72 Å². The highest BCUT2D eigenvalue weighted by molar-refractivity contribution is 7.94. The van der Waals surface area contributed by atoms with Crippen molar-refractivity contribution in [1.82, 2.24) is 4.98 Å². The van der Waals surface area contributed by atoms with Gasteiger partial charge in [0.1, 0.15) is 10.0 Å². The van der Waals surface area contributed by atoms with E-state index in [1.54, 1.807) is 18.3 Å². The molecule has 0 aliphatic carbocycles. The fourth-order valence-electron chi connectivity index (χ4n) is 2.49. The number of nitrogens with zero attached hydrogens (tertiary/aromatic N) is 2. The topological polar surface area (TPSA) is 62.3 Å². The van der Waals surface area contributed by atoms with Crippen LogP contribution in [0.2, 0.25) is 0 Å². The molecule has 0 amide bonds. The van der Waals surface area contributed by atoms with E-state index in [0.29, 0.717) is 10.0 Å². The molecule has 1 saturated heterocycles. The van der Waals surface area contributed by atoms with Gasteiger partial charge in [-0.1, -0.05) is 6.92 Å². The van der Waals surface area contributed by atoms with E-state index in [2.05, 4.69) is 14.6 Å². The molecule has 0 spiro atoms. The van der Waals surface area contributed by atoms with Crippen LogP contribution in [0.3, 0.4) is 0 Å². The van der Waals surface area contributed by atoms with Crippen LogP contribution in [0.25, 0.3) is 0 Å². The minimum absolute atomic E-state index is 0.328. The number of thiophene rings is 1. The number of aryl methyl sites for hydroxylation is 1. The summed E-state index contributed by atoms with van der Waals surface area (Å²) in [6, 6.07) is 7.13. The van der Waals surface area contributed by atoms with E-state index in [9.17, 15) is 8.42 Å². The van der Waals surface area contributed by atoms with E-state index in [4.69, 9.17) is 0 Å². The molecule has 1 fully saturated rings. The molecule has 0 atom stereocenters. The van der Waals surface area contributed by atoms with E-state index < -0.39 is 10.0 Å². The zero-order valence-electron chi connectivity index (χ0n) is 12.4. The Balaban J connectivity index is 1.74. The number of pyridine rings is 1. The van der Waals surface area contributed by atoms with Gasteiger partial charge >= 0.3 is 0 Å². The third kappa shape index (κ3) is 3.25. The quantitative estimate of drug-likeness (QED) is 0.910. The van der Waals surface area contributed by atoms with E-state index in [0.717, 1.165) is 30.1 Å². The second-order valence-corrected chi connectivity index (χ2v) is 8.35. The van der Waals surface area contributed by atoms with Crippen molar-refractivity contribution in [2.24, 2.45) is 0 Å². The van der Waals surface area contributed by atoms with Crippen molar-refractivity contribution in [2.75, 3.05) is 22.7 Å². The van der Waals surface area contributed by atoms with Gasteiger partial charge in [0.2, 0.25) is 0 Å². The second-order valence-electron chi connectivity index (χ2n) is 5.28. The van der Waals surface area contributed by atoms with E-state index in [1.165, 1.54) is 24.2 Å². The van der Waals surface area contributed by atoms with Crippen LogP contribution in [0.15, 0.2) is 34.7 Å². The molecular weight excluding hydrogens is 318 g/mol. The maximum Gasteiger partial charge on any atom is 0.272 e. The summed E-state index contributed by atoms with van der Waals surface area (Å²) in [4.78, 5) is 7.55. The first-order valence-electron chi connectivity index (χ1n) is 7.41. The first kappa shape index (κ1) is 15.3. The van der Waals surface area contributed by atoms with Gasteiger partial charge in [-0.25, -0.2) is 13.4 Å². The summed E-state index contributed by atoms with van der Waals surface area (Å²) in [7, 11) is -3.54. The monoisotopic (exact) mass is 337 g/mol. The summed E-state index contributed by atoms with van der Waals surface area (Å²) >= 11 is 1.30. The van der Waals surface area contributed by atoms with Crippen LogP contribution < -0.4 is 9.62 Å². The molecular formula is C15H19N3O2S2. The van der Waals surface area contributed by atoms with Crippen LogP contribution in [-0.4, -0.2) is 26.5 Å². The van der Waals surface area contributed by atoms with Crippen LogP contribution in [0, 0.1) is 0 Å². The predicted molar refractivity (Wildman–Crippen MR) is 90.2 cm³/mol.